The Balaban J connectivity index is 2.73. The highest BCUT2D eigenvalue weighted by atomic mass is 16.8. The van der Waals surface area contributed by atoms with Crippen LogP contribution in [0, 0.1) is 10.1 Å². The van der Waals surface area contributed by atoms with Crippen LogP contribution >= 0.6 is 0 Å². The maximum Gasteiger partial charge on any atom is 0.270 e. The molecule has 0 aromatic heterocycles. The van der Waals surface area contributed by atoms with Crippen LogP contribution in [0.15, 0.2) is 34.5 Å². The van der Waals surface area contributed by atoms with Crippen LogP contribution in [0.1, 0.15) is 5.56 Å². The summed E-state index contributed by atoms with van der Waals surface area (Å²) >= 11 is 0. The number of rotatable bonds is 4. The minimum atomic E-state index is -0.536. The number of hydrogen-bond donors (Lipinski definition) is 4. The summed E-state index contributed by atoms with van der Waals surface area (Å²) in [5.41, 5.74) is 7.35. The van der Waals surface area contributed by atoms with Crippen LogP contribution in [0.5, 0.6) is 0 Å². The Bertz CT molecular complexity index is 486. The van der Waals surface area contributed by atoms with E-state index in [9.17, 15) is 10.1 Å². The van der Waals surface area contributed by atoms with Crippen molar-refractivity contribution in [3.63, 3.8) is 0 Å². The van der Waals surface area contributed by atoms with Crippen LogP contribution in [0.2, 0.25) is 0 Å². The zero-order valence-electron chi connectivity index (χ0n) is 8.96. The van der Waals surface area contributed by atoms with Gasteiger partial charge in [0.25, 0.3) is 5.69 Å². The van der Waals surface area contributed by atoms with Gasteiger partial charge in [0, 0.05) is 23.0 Å². The van der Waals surface area contributed by atoms with Crippen molar-refractivity contribution in [3.8, 4) is 0 Å². The second-order valence-corrected chi connectivity index (χ2v) is 2.98. The first-order valence-electron chi connectivity index (χ1n) is 4.54. The molecular formula is C8H10N6O4. The highest BCUT2D eigenvalue weighted by Crippen LogP contribution is 2.11. The number of hydrazine groups is 1. The molecule has 0 unspecified atom stereocenters. The summed E-state index contributed by atoms with van der Waals surface area (Å²) in [6.07, 6.45) is 1.22. The normalized spacial score (nSPS) is 12.1. The largest absolute Gasteiger partial charge is 0.367 e. The number of benzene rings is 1. The summed E-state index contributed by atoms with van der Waals surface area (Å²) in [7, 11) is 0. The maximum atomic E-state index is 10.5. The molecule has 0 atom stereocenters. The Hall–Kier alpha value is -2.56. The average molecular weight is 254 g/mol. The summed E-state index contributed by atoms with van der Waals surface area (Å²) in [5, 5.41) is 33.6. The minimum absolute atomic E-state index is 0.0779. The third-order valence-electron chi connectivity index (χ3n) is 1.67. The van der Waals surface area contributed by atoms with Crippen LogP contribution in [0.25, 0.3) is 0 Å². The van der Waals surface area contributed by atoms with Gasteiger partial charge in [0.1, 0.15) is 0 Å². The quantitative estimate of drug-likeness (QED) is 0.252. The number of non-ortho nitro benzene ring substituents is 1. The van der Waals surface area contributed by atoms with Gasteiger partial charge in [-0.25, -0.2) is 5.43 Å². The molecule has 0 heterocycles. The van der Waals surface area contributed by atoms with E-state index in [1.807, 2.05) is 5.43 Å². The molecule has 1 rings (SSSR count). The summed E-state index contributed by atoms with van der Waals surface area (Å²) in [4.78, 5) is 9.96. The molecule has 0 aliphatic heterocycles. The smallest absolute Gasteiger partial charge is 0.270 e. The zero-order chi connectivity index (χ0) is 13.5. The first kappa shape index (κ1) is 13.5. The van der Waals surface area contributed by atoms with Crippen molar-refractivity contribution < 1.29 is 15.3 Å². The number of nitro groups is 1. The van der Waals surface area contributed by atoms with Crippen LogP contribution in [-0.2, 0) is 0 Å². The van der Waals surface area contributed by atoms with Gasteiger partial charge in [0.2, 0.25) is 5.96 Å². The van der Waals surface area contributed by atoms with E-state index in [-0.39, 0.29) is 17.0 Å². The molecule has 0 radical (unpaired) electrons. The zero-order valence-corrected chi connectivity index (χ0v) is 8.96. The van der Waals surface area contributed by atoms with Crippen molar-refractivity contribution in [2.45, 2.75) is 0 Å². The molecule has 0 fully saturated rings. The molecule has 0 bridgehead atoms. The van der Waals surface area contributed by atoms with E-state index in [0.717, 1.165) is 0 Å². The van der Waals surface area contributed by atoms with Crippen molar-refractivity contribution in [2.24, 2.45) is 15.9 Å². The Morgan fingerprint density at radius 1 is 1.56 bits per heavy atom. The van der Waals surface area contributed by atoms with Gasteiger partial charge in [-0.3, -0.25) is 20.5 Å². The monoisotopic (exact) mass is 254 g/mol. The van der Waals surface area contributed by atoms with Crippen molar-refractivity contribution >= 4 is 17.9 Å². The number of hydrogen-bond acceptors (Lipinski definition) is 7. The van der Waals surface area contributed by atoms with E-state index in [1.54, 1.807) is 6.07 Å². The molecular weight excluding hydrogens is 244 g/mol. The van der Waals surface area contributed by atoms with E-state index in [4.69, 9.17) is 16.1 Å². The predicted molar refractivity (Wildman–Crippen MR) is 60.9 cm³/mol. The van der Waals surface area contributed by atoms with E-state index < -0.39 is 4.92 Å². The predicted octanol–water partition coefficient (Wildman–Crippen LogP) is -0.172. The minimum Gasteiger partial charge on any atom is -0.367 e. The second kappa shape index (κ2) is 6.24. The molecule has 1 aromatic carbocycles. The Labute approximate surface area is 101 Å². The van der Waals surface area contributed by atoms with Gasteiger partial charge < -0.3 is 5.73 Å². The third-order valence-corrected chi connectivity index (χ3v) is 1.67. The van der Waals surface area contributed by atoms with E-state index in [1.165, 1.54) is 24.4 Å². The second-order valence-electron chi connectivity index (χ2n) is 2.98. The molecule has 0 aliphatic carbocycles. The standard InChI is InChI=1S/C8H10N6O4/c9-8(12-14(17)18)11-10-5-6-2-1-3-7(4-6)13(15)16/h1-5,17-18H,(H3,9,11,12). The first-order valence-corrected chi connectivity index (χ1v) is 4.54. The summed E-state index contributed by atoms with van der Waals surface area (Å²) in [5.74, 6) is -0.373. The lowest BCUT2D eigenvalue weighted by molar-refractivity contribution is -0.384. The van der Waals surface area contributed by atoms with Crippen molar-refractivity contribution in [1.29, 1.82) is 0 Å². The number of nitrogens with zero attached hydrogens (tertiary/aromatic N) is 4. The van der Waals surface area contributed by atoms with E-state index in [0.29, 0.717) is 5.56 Å². The lowest BCUT2D eigenvalue weighted by Gasteiger charge is -2.05. The van der Waals surface area contributed by atoms with Gasteiger partial charge in [-0.2, -0.15) is 5.10 Å². The van der Waals surface area contributed by atoms with E-state index in [2.05, 4.69) is 10.2 Å². The summed E-state index contributed by atoms with van der Waals surface area (Å²) < 4.78 is 0. The van der Waals surface area contributed by atoms with Gasteiger partial charge in [0.05, 0.1) is 11.1 Å². The molecule has 0 saturated heterocycles. The molecule has 5 N–H and O–H groups in total. The lowest BCUT2D eigenvalue weighted by atomic mass is 10.2. The molecule has 0 spiro atoms. The van der Waals surface area contributed by atoms with Crippen molar-refractivity contribution in [3.05, 3.63) is 39.9 Å². The topological polar surface area (TPSA) is 150 Å². The lowest BCUT2D eigenvalue weighted by Crippen LogP contribution is -2.41. The molecule has 10 heteroatoms. The Morgan fingerprint density at radius 3 is 2.89 bits per heavy atom. The van der Waals surface area contributed by atoms with Gasteiger partial charge in [-0.15, -0.1) is 5.10 Å². The van der Waals surface area contributed by atoms with Crippen LogP contribution < -0.4 is 11.2 Å². The average Bonchev–Trinajstić information content (AvgIpc) is 2.28. The van der Waals surface area contributed by atoms with Crippen LogP contribution in [0.4, 0.5) is 5.69 Å². The Kier molecular flexibility index (Phi) is 4.68. The van der Waals surface area contributed by atoms with Crippen molar-refractivity contribution in [2.75, 3.05) is 0 Å². The van der Waals surface area contributed by atoms with Crippen molar-refractivity contribution in [1.82, 2.24) is 10.8 Å². The maximum absolute atomic E-state index is 10.5. The fourth-order valence-electron chi connectivity index (χ4n) is 1.00. The molecule has 18 heavy (non-hydrogen) atoms. The summed E-state index contributed by atoms with van der Waals surface area (Å²) in [6.45, 7) is 0. The van der Waals surface area contributed by atoms with Gasteiger partial charge in [0.15, 0.2) is 0 Å². The van der Waals surface area contributed by atoms with Crippen LogP contribution in [0.3, 0.4) is 0 Å². The highest BCUT2D eigenvalue weighted by Gasteiger charge is 2.03. The number of guanidine groups is 1. The molecule has 96 valence electrons. The molecule has 0 aliphatic rings. The molecule has 10 nitrogen and oxygen atoms in total. The van der Waals surface area contributed by atoms with E-state index >= 15 is 0 Å². The summed E-state index contributed by atoms with van der Waals surface area (Å²) in [6, 6.07) is 5.72. The van der Waals surface area contributed by atoms with Gasteiger partial charge in [-0.05, 0) is 0 Å². The first-order chi connectivity index (χ1) is 8.49. The highest BCUT2D eigenvalue weighted by molar-refractivity contribution is 5.82. The van der Waals surface area contributed by atoms with Crippen LogP contribution in [-0.4, -0.2) is 32.8 Å². The molecule has 1 aromatic rings. The van der Waals surface area contributed by atoms with Gasteiger partial charge in [-0.1, -0.05) is 12.1 Å². The molecule has 0 amide bonds. The Morgan fingerprint density at radius 2 is 2.28 bits per heavy atom. The van der Waals surface area contributed by atoms with Gasteiger partial charge >= 0.3 is 0 Å². The fourth-order valence-corrected chi connectivity index (χ4v) is 1.00. The SMILES string of the molecule is NC(=NN=Cc1cccc([N+](=O)[O-])c1)NN(O)O. The third kappa shape index (κ3) is 4.52. The number of nitro benzene ring substituents is 1. The fraction of sp³-hybridized carbons (Fsp3) is 0. The number of nitrogens with two attached hydrogens (primary N) is 1. The number of nitrogens with one attached hydrogen (secondary N) is 1. The molecule has 0 saturated carbocycles.